The second-order valence-corrected chi connectivity index (χ2v) is 8.93. The molecule has 0 unspecified atom stereocenters. The molecule has 2 atom stereocenters. The minimum Gasteiger partial charge on any atom is -0.493 e. The summed E-state index contributed by atoms with van der Waals surface area (Å²) < 4.78 is 38.8. The van der Waals surface area contributed by atoms with Crippen LogP contribution in [-0.2, 0) is 0 Å². The van der Waals surface area contributed by atoms with Crippen molar-refractivity contribution in [2.24, 2.45) is 0 Å². The average Bonchev–Trinajstić information content (AvgIpc) is 2.84. The topological polar surface area (TPSA) is 44.2 Å². The fourth-order valence-electron chi connectivity index (χ4n) is 3.77. The Morgan fingerprint density at radius 1 is 0.647 bits per heavy atom. The maximum atomic E-state index is 14.1. The van der Waals surface area contributed by atoms with E-state index in [4.69, 9.17) is 9.47 Å². The van der Waals surface area contributed by atoms with Crippen molar-refractivity contribution in [3.05, 3.63) is 36.7 Å². The molecule has 0 spiro atoms. The number of aromatic nitrogens is 2. The zero-order valence-electron chi connectivity index (χ0n) is 21.0. The van der Waals surface area contributed by atoms with Gasteiger partial charge in [-0.05, 0) is 37.1 Å². The second kappa shape index (κ2) is 17.2. The molecule has 1 aromatic heterocycles. The number of unbranched alkanes of at least 4 members (excludes halogenated alkanes) is 6. The summed E-state index contributed by atoms with van der Waals surface area (Å²) in [4.78, 5) is 8.71. The third-order valence-electron chi connectivity index (χ3n) is 5.86. The third kappa shape index (κ3) is 11.8. The lowest BCUT2D eigenvalue weighted by atomic mass is 10.1. The van der Waals surface area contributed by atoms with E-state index in [-0.39, 0.29) is 0 Å². The van der Waals surface area contributed by atoms with Crippen molar-refractivity contribution in [2.45, 2.75) is 103 Å². The van der Waals surface area contributed by atoms with E-state index in [1.807, 2.05) is 31.2 Å². The Bertz CT molecular complexity index is 756. The predicted molar refractivity (Wildman–Crippen MR) is 135 cm³/mol. The summed E-state index contributed by atoms with van der Waals surface area (Å²) in [5.41, 5.74) is 0.853. The molecule has 0 saturated carbocycles. The van der Waals surface area contributed by atoms with Crippen LogP contribution in [-0.4, -0.2) is 35.5 Å². The molecule has 0 radical (unpaired) electrons. The first-order valence-corrected chi connectivity index (χ1v) is 13.1. The van der Waals surface area contributed by atoms with E-state index in [9.17, 15) is 8.78 Å². The summed E-state index contributed by atoms with van der Waals surface area (Å²) in [6, 6.07) is 7.43. The molecule has 1 aromatic carbocycles. The number of alkyl halides is 2. The highest BCUT2D eigenvalue weighted by Crippen LogP contribution is 2.21. The number of halogens is 2. The van der Waals surface area contributed by atoms with Gasteiger partial charge in [0.1, 0.15) is 18.1 Å². The Hall–Kier alpha value is -2.24. The van der Waals surface area contributed by atoms with E-state index < -0.39 is 12.3 Å². The Morgan fingerprint density at radius 2 is 1.21 bits per heavy atom. The van der Waals surface area contributed by atoms with Crippen LogP contribution in [0.3, 0.4) is 0 Å². The van der Waals surface area contributed by atoms with E-state index >= 15 is 0 Å². The molecule has 2 aromatic rings. The number of hydrogen-bond donors (Lipinski definition) is 0. The van der Waals surface area contributed by atoms with Gasteiger partial charge in [-0.15, -0.1) is 0 Å². The van der Waals surface area contributed by atoms with Crippen LogP contribution < -0.4 is 9.47 Å². The third-order valence-corrected chi connectivity index (χ3v) is 5.86. The van der Waals surface area contributed by atoms with Gasteiger partial charge in [0, 0.05) is 18.4 Å². The summed E-state index contributed by atoms with van der Waals surface area (Å²) in [6.45, 7) is 4.88. The van der Waals surface area contributed by atoms with Gasteiger partial charge in [0.15, 0.2) is 11.6 Å². The van der Waals surface area contributed by atoms with Gasteiger partial charge in [0.2, 0.25) is 0 Å². The highest BCUT2D eigenvalue weighted by molar-refractivity contribution is 5.56. The van der Waals surface area contributed by atoms with Crippen LogP contribution >= 0.6 is 0 Å². The normalized spacial score (nSPS) is 12.9. The predicted octanol–water partition coefficient (Wildman–Crippen LogP) is 8.30. The first-order chi connectivity index (χ1) is 16.6. The molecule has 4 nitrogen and oxygen atoms in total. The lowest BCUT2D eigenvalue weighted by Gasteiger charge is -2.10. The number of ether oxygens (including phenoxy) is 2. The van der Waals surface area contributed by atoms with Gasteiger partial charge >= 0.3 is 0 Å². The number of rotatable bonds is 19. The first-order valence-electron chi connectivity index (χ1n) is 13.1. The lowest BCUT2D eigenvalue weighted by molar-refractivity contribution is 0.221. The highest BCUT2D eigenvalue weighted by Gasteiger charge is 2.08. The summed E-state index contributed by atoms with van der Waals surface area (Å²) in [5.74, 6) is 1.82. The minimum atomic E-state index is -0.820. The average molecular weight is 477 g/mol. The molecule has 0 aliphatic rings. The van der Waals surface area contributed by atoms with Gasteiger partial charge in [-0.3, -0.25) is 0 Å². The summed E-state index contributed by atoms with van der Waals surface area (Å²) >= 11 is 0. The molecule has 6 heteroatoms. The molecule has 1 heterocycles. The van der Waals surface area contributed by atoms with Crippen molar-refractivity contribution in [2.75, 3.05) is 13.2 Å². The van der Waals surface area contributed by atoms with E-state index in [1.54, 1.807) is 12.4 Å². The van der Waals surface area contributed by atoms with E-state index in [2.05, 4.69) is 16.9 Å². The number of nitrogens with zero attached hydrogens (tertiary/aromatic N) is 2. The number of benzene rings is 1. The highest BCUT2D eigenvalue weighted by atomic mass is 19.1. The fourth-order valence-corrected chi connectivity index (χ4v) is 3.77. The zero-order chi connectivity index (χ0) is 24.4. The second-order valence-electron chi connectivity index (χ2n) is 8.93. The Balaban J connectivity index is 1.64. The molecular formula is C28H42F2N2O2. The minimum absolute atomic E-state index is 0.324. The van der Waals surface area contributed by atoms with Gasteiger partial charge in [-0.2, -0.15) is 0 Å². The van der Waals surface area contributed by atoms with Gasteiger partial charge < -0.3 is 9.47 Å². The maximum Gasteiger partial charge on any atom is 0.159 e. The van der Waals surface area contributed by atoms with E-state index in [0.29, 0.717) is 56.2 Å². The smallest absolute Gasteiger partial charge is 0.159 e. The summed E-state index contributed by atoms with van der Waals surface area (Å²) in [5, 5.41) is 0. The van der Waals surface area contributed by atoms with Crippen molar-refractivity contribution in [3.63, 3.8) is 0 Å². The quantitative estimate of drug-likeness (QED) is 0.191. The standard InChI is InChI=1S/C28H42F2N2O2/c1-3-5-6-7-8-9-10-12-25(30)18-20-34-27-21-31-28(32-22-27)23-13-15-26(16-14-23)33-19-17-24(29)11-4-2/h13-16,21-22,24-25H,3-12,17-20H2,1-2H3/t24-,25-/m1/s1. The molecule has 0 amide bonds. The van der Waals surface area contributed by atoms with Crippen molar-refractivity contribution >= 4 is 0 Å². The van der Waals surface area contributed by atoms with Crippen molar-refractivity contribution in [3.8, 4) is 22.9 Å². The van der Waals surface area contributed by atoms with Crippen LogP contribution in [0.5, 0.6) is 11.5 Å². The SMILES string of the molecule is CCCCCCCCC[C@@H](F)CCOc1cnc(-c2ccc(OCC[C@H](F)CCC)cc2)nc1. The van der Waals surface area contributed by atoms with Gasteiger partial charge in [0.25, 0.3) is 0 Å². The van der Waals surface area contributed by atoms with Crippen molar-refractivity contribution in [1.82, 2.24) is 9.97 Å². The molecule has 0 saturated heterocycles. The van der Waals surface area contributed by atoms with Crippen LogP contribution in [0.15, 0.2) is 36.7 Å². The van der Waals surface area contributed by atoms with Crippen LogP contribution in [0, 0.1) is 0 Å². The lowest BCUT2D eigenvalue weighted by Crippen LogP contribution is -2.08. The van der Waals surface area contributed by atoms with Crippen LogP contribution in [0.2, 0.25) is 0 Å². The molecule has 190 valence electrons. The van der Waals surface area contributed by atoms with Crippen LogP contribution in [0.4, 0.5) is 8.78 Å². The molecule has 0 fully saturated rings. The van der Waals surface area contributed by atoms with Crippen molar-refractivity contribution < 1.29 is 18.3 Å². The molecule has 34 heavy (non-hydrogen) atoms. The number of hydrogen-bond acceptors (Lipinski definition) is 4. The zero-order valence-corrected chi connectivity index (χ0v) is 21.0. The van der Waals surface area contributed by atoms with Crippen LogP contribution in [0.1, 0.15) is 90.9 Å². The van der Waals surface area contributed by atoms with Crippen LogP contribution in [0.25, 0.3) is 11.4 Å². The molecule has 0 bridgehead atoms. The van der Waals surface area contributed by atoms with Gasteiger partial charge in [0.05, 0.1) is 25.6 Å². The molecule has 0 aliphatic heterocycles. The van der Waals surface area contributed by atoms with E-state index in [1.165, 1.54) is 32.1 Å². The molecule has 0 N–H and O–H groups in total. The van der Waals surface area contributed by atoms with Crippen molar-refractivity contribution in [1.29, 1.82) is 0 Å². The first kappa shape index (κ1) is 28.0. The molecule has 2 rings (SSSR count). The van der Waals surface area contributed by atoms with Gasteiger partial charge in [-0.1, -0.05) is 65.2 Å². The Kier molecular flexibility index (Phi) is 14.2. The van der Waals surface area contributed by atoms with E-state index in [0.717, 1.165) is 24.8 Å². The fraction of sp³-hybridized carbons (Fsp3) is 0.643. The molecule has 0 aliphatic carbocycles. The monoisotopic (exact) mass is 476 g/mol. The molecular weight excluding hydrogens is 434 g/mol. The summed E-state index contributed by atoms with van der Waals surface area (Å²) in [6.07, 6.45) is 12.8. The Morgan fingerprint density at radius 3 is 1.82 bits per heavy atom. The largest absolute Gasteiger partial charge is 0.493 e. The van der Waals surface area contributed by atoms with Gasteiger partial charge in [-0.25, -0.2) is 18.7 Å². The Labute approximate surface area is 204 Å². The summed E-state index contributed by atoms with van der Waals surface area (Å²) in [7, 11) is 0. The maximum absolute atomic E-state index is 14.1.